The van der Waals surface area contributed by atoms with Crippen molar-refractivity contribution in [1.82, 2.24) is 0 Å². The summed E-state index contributed by atoms with van der Waals surface area (Å²) in [4.78, 5) is 37.4. The summed E-state index contributed by atoms with van der Waals surface area (Å²) in [6.07, 6.45) is -0.0753. The van der Waals surface area contributed by atoms with Gasteiger partial charge in [0.15, 0.2) is 11.4 Å². The molecule has 9 heteroatoms. The maximum absolute atomic E-state index is 13.4. The lowest BCUT2D eigenvalue weighted by atomic mass is 9.59. The zero-order chi connectivity index (χ0) is 23.1. The molecule has 164 valence electrons. The fourth-order valence-electron chi connectivity index (χ4n) is 5.43. The number of benzene rings is 2. The number of aliphatic hydroxyl groups excluding tert-OH is 2. The molecule has 0 radical (unpaired) electrons. The van der Waals surface area contributed by atoms with Crippen molar-refractivity contribution < 1.29 is 39.9 Å². The number of hydrogen-bond donors (Lipinski definition) is 6. The fourth-order valence-corrected chi connectivity index (χ4v) is 5.43. The van der Waals surface area contributed by atoms with E-state index in [1.807, 2.05) is 0 Å². The zero-order valence-electron chi connectivity index (χ0n) is 16.6. The van der Waals surface area contributed by atoms with E-state index in [0.717, 1.165) is 0 Å². The van der Waals surface area contributed by atoms with Crippen molar-refractivity contribution in [2.45, 2.75) is 24.9 Å². The van der Waals surface area contributed by atoms with Crippen LogP contribution in [-0.4, -0.2) is 48.6 Å². The van der Waals surface area contributed by atoms with E-state index in [-0.39, 0.29) is 41.5 Å². The van der Waals surface area contributed by atoms with Crippen molar-refractivity contribution in [2.75, 3.05) is 0 Å². The average molecular weight is 437 g/mol. The Kier molecular flexibility index (Phi) is 3.97. The first kappa shape index (κ1) is 20.1. The fraction of sp³-hybridized carbons (Fsp3) is 0.261. The lowest BCUT2D eigenvalue weighted by Gasteiger charge is -2.46. The summed E-state index contributed by atoms with van der Waals surface area (Å²) < 4.78 is 0. The largest absolute Gasteiger partial charge is 0.508 e. The Morgan fingerprint density at radius 2 is 1.81 bits per heavy atom. The molecule has 3 aliphatic rings. The van der Waals surface area contributed by atoms with Gasteiger partial charge in [-0.15, -0.1) is 0 Å². The van der Waals surface area contributed by atoms with Gasteiger partial charge in [0.1, 0.15) is 28.6 Å². The molecule has 0 aromatic heterocycles. The molecule has 1 amide bonds. The second-order valence-electron chi connectivity index (χ2n) is 8.54. The molecule has 1 fully saturated rings. The van der Waals surface area contributed by atoms with Crippen molar-refractivity contribution in [1.29, 1.82) is 0 Å². The molecule has 7 N–H and O–H groups in total. The number of phenols is 2. The molecule has 0 spiro atoms. The Morgan fingerprint density at radius 3 is 2.50 bits per heavy atom. The molecule has 3 aliphatic carbocycles. The van der Waals surface area contributed by atoms with Crippen LogP contribution in [0.4, 0.5) is 0 Å². The second-order valence-corrected chi connectivity index (χ2v) is 8.54. The summed E-state index contributed by atoms with van der Waals surface area (Å²) in [7, 11) is 0. The number of aromatic hydroxyl groups is 2. The minimum Gasteiger partial charge on any atom is -0.508 e. The van der Waals surface area contributed by atoms with E-state index < -0.39 is 57.8 Å². The second kappa shape index (κ2) is 6.33. The number of hydrogen-bond acceptors (Lipinski definition) is 8. The van der Waals surface area contributed by atoms with Crippen LogP contribution in [0.1, 0.15) is 24.0 Å². The molecular formula is C23H19NO8. The molecule has 0 saturated heterocycles. The first-order chi connectivity index (χ1) is 15.1. The van der Waals surface area contributed by atoms with Crippen molar-refractivity contribution in [3.8, 4) is 11.5 Å². The summed E-state index contributed by atoms with van der Waals surface area (Å²) in [5.74, 6) is -7.00. The lowest BCUT2D eigenvalue weighted by Crippen LogP contribution is -2.58. The van der Waals surface area contributed by atoms with Crippen LogP contribution < -0.4 is 5.73 Å². The SMILES string of the molecule is NC(=O)C1=C(O)[C@@]2(O)C(=O)C3=C(O)c4c(cc5cccc(O)c5c4O)CC3C[C@H]2CC1=O. The topological polar surface area (TPSA) is 178 Å². The van der Waals surface area contributed by atoms with Crippen LogP contribution in [0.25, 0.3) is 16.5 Å². The number of phenolic OH excluding ortho intramolecular Hbond substituents is 2. The summed E-state index contributed by atoms with van der Waals surface area (Å²) in [5.41, 5.74) is 2.01. The molecular weight excluding hydrogens is 418 g/mol. The highest BCUT2D eigenvalue weighted by molar-refractivity contribution is 6.22. The van der Waals surface area contributed by atoms with Gasteiger partial charge in [-0.1, -0.05) is 12.1 Å². The third-order valence-corrected chi connectivity index (χ3v) is 6.87. The molecule has 2 aromatic rings. The molecule has 2 aromatic carbocycles. The summed E-state index contributed by atoms with van der Waals surface area (Å²) in [5, 5.41) is 54.4. The number of carbonyl (C=O) groups excluding carboxylic acids is 3. The van der Waals surface area contributed by atoms with Crippen LogP contribution in [0.15, 0.2) is 41.2 Å². The maximum atomic E-state index is 13.4. The van der Waals surface area contributed by atoms with E-state index in [1.165, 1.54) is 6.07 Å². The van der Waals surface area contributed by atoms with Crippen molar-refractivity contribution >= 4 is 34.0 Å². The predicted octanol–water partition coefficient (Wildman–Crippen LogP) is 1.28. The Balaban J connectivity index is 1.75. The van der Waals surface area contributed by atoms with Crippen LogP contribution >= 0.6 is 0 Å². The maximum Gasteiger partial charge on any atom is 0.255 e. The van der Waals surface area contributed by atoms with Gasteiger partial charge in [-0.05, 0) is 41.8 Å². The Morgan fingerprint density at radius 1 is 1.09 bits per heavy atom. The average Bonchev–Trinajstić information content (AvgIpc) is 2.70. The van der Waals surface area contributed by atoms with E-state index in [2.05, 4.69) is 0 Å². The van der Waals surface area contributed by atoms with Crippen LogP contribution in [-0.2, 0) is 20.8 Å². The van der Waals surface area contributed by atoms with Crippen LogP contribution in [0.2, 0.25) is 0 Å². The van der Waals surface area contributed by atoms with E-state index in [4.69, 9.17) is 5.73 Å². The normalized spacial score (nSPS) is 27.3. The van der Waals surface area contributed by atoms with Crippen molar-refractivity contribution in [3.63, 3.8) is 0 Å². The highest BCUT2D eigenvalue weighted by atomic mass is 16.3. The number of Topliss-reactive ketones (excluding diaryl/α,β-unsaturated/α-hetero) is 2. The van der Waals surface area contributed by atoms with Crippen molar-refractivity contribution in [2.24, 2.45) is 17.6 Å². The number of rotatable bonds is 1. The van der Waals surface area contributed by atoms with E-state index in [9.17, 15) is 39.9 Å². The van der Waals surface area contributed by atoms with E-state index >= 15 is 0 Å². The quantitative estimate of drug-likeness (QED) is 0.361. The molecule has 1 saturated carbocycles. The first-order valence-corrected chi connectivity index (χ1v) is 10.0. The van der Waals surface area contributed by atoms with E-state index in [0.29, 0.717) is 10.9 Å². The van der Waals surface area contributed by atoms with Crippen LogP contribution in [0, 0.1) is 11.8 Å². The standard InChI is InChI=1S/C23H19NO8/c24-22(31)17-13(26)7-11-6-10-5-9-4-8-2-1-3-12(25)14(8)18(27)15(9)19(28)16(10)20(29)23(11,32)21(17)30/h1-4,10-11,25,27-28,30,32H,5-7H2,(H2,24,31)/t10?,11-,23-/m0/s1. The van der Waals surface area contributed by atoms with Crippen LogP contribution in [0.3, 0.4) is 0 Å². The minimum absolute atomic E-state index is 0.0499. The van der Waals surface area contributed by atoms with Gasteiger partial charge in [0.2, 0.25) is 5.78 Å². The van der Waals surface area contributed by atoms with Gasteiger partial charge >= 0.3 is 0 Å². The number of fused-ring (bicyclic) bond motifs is 4. The van der Waals surface area contributed by atoms with Gasteiger partial charge in [0.05, 0.1) is 10.9 Å². The zero-order valence-corrected chi connectivity index (χ0v) is 16.6. The van der Waals surface area contributed by atoms with Gasteiger partial charge < -0.3 is 31.3 Å². The number of amides is 1. The summed E-state index contributed by atoms with van der Waals surface area (Å²) in [6, 6.07) is 6.36. The molecule has 0 heterocycles. The number of aliphatic hydroxyl groups is 3. The third kappa shape index (κ3) is 2.34. The van der Waals surface area contributed by atoms with Gasteiger partial charge in [-0.25, -0.2) is 0 Å². The Hall–Kier alpha value is -3.85. The number of ketones is 2. The molecule has 32 heavy (non-hydrogen) atoms. The molecule has 9 nitrogen and oxygen atoms in total. The predicted molar refractivity (Wildman–Crippen MR) is 111 cm³/mol. The lowest BCUT2D eigenvalue weighted by molar-refractivity contribution is -0.147. The highest BCUT2D eigenvalue weighted by Crippen LogP contribution is 2.53. The van der Waals surface area contributed by atoms with Gasteiger partial charge in [-0.3, -0.25) is 14.4 Å². The van der Waals surface area contributed by atoms with E-state index in [1.54, 1.807) is 18.2 Å². The van der Waals surface area contributed by atoms with Gasteiger partial charge in [0, 0.05) is 17.9 Å². The Labute approximate surface area is 180 Å². The summed E-state index contributed by atoms with van der Waals surface area (Å²) in [6.45, 7) is 0. The summed E-state index contributed by atoms with van der Waals surface area (Å²) >= 11 is 0. The minimum atomic E-state index is -2.59. The molecule has 5 rings (SSSR count). The van der Waals surface area contributed by atoms with Crippen LogP contribution in [0.5, 0.6) is 11.5 Å². The Bertz CT molecular complexity index is 1340. The highest BCUT2D eigenvalue weighted by Gasteiger charge is 2.60. The van der Waals surface area contributed by atoms with Gasteiger partial charge in [-0.2, -0.15) is 0 Å². The molecule has 0 aliphatic heterocycles. The third-order valence-electron chi connectivity index (χ3n) is 6.87. The van der Waals surface area contributed by atoms with Gasteiger partial charge in [0.25, 0.3) is 5.91 Å². The first-order valence-electron chi connectivity index (χ1n) is 10.0. The van der Waals surface area contributed by atoms with Crippen molar-refractivity contribution in [3.05, 3.63) is 52.3 Å². The number of nitrogens with two attached hydrogens (primary N) is 1. The molecule has 3 atom stereocenters. The monoisotopic (exact) mass is 437 g/mol. The smallest absolute Gasteiger partial charge is 0.255 e. The number of primary amides is 1. The number of carbonyl (C=O) groups is 3. The molecule has 1 unspecified atom stereocenters. The molecule has 0 bridgehead atoms.